The van der Waals surface area contributed by atoms with Crippen LogP contribution in [0.5, 0.6) is 0 Å². The normalized spacial score (nSPS) is 30.2. The number of aryl methyl sites for hydroxylation is 1. The number of hydrazone groups is 1. The van der Waals surface area contributed by atoms with Gasteiger partial charge in [-0.05, 0) is 38.5 Å². The molecule has 1 spiro atoms. The lowest BCUT2D eigenvalue weighted by atomic mass is 9.84. The summed E-state index contributed by atoms with van der Waals surface area (Å²) in [6.07, 6.45) is 6.50. The van der Waals surface area contributed by atoms with Crippen LogP contribution in [0.3, 0.4) is 0 Å². The zero-order valence-electron chi connectivity index (χ0n) is 11.8. The zero-order valence-corrected chi connectivity index (χ0v) is 12.6. The lowest BCUT2D eigenvalue weighted by Gasteiger charge is -2.35. The van der Waals surface area contributed by atoms with Gasteiger partial charge in [0.2, 0.25) is 0 Å². The molecule has 1 heterocycles. The Balaban J connectivity index is 1.68. The van der Waals surface area contributed by atoms with E-state index in [2.05, 4.69) is 48.6 Å². The van der Waals surface area contributed by atoms with Gasteiger partial charge in [0, 0.05) is 5.56 Å². The van der Waals surface area contributed by atoms with Gasteiger partial charge in [-0.25, -0.2) is 0 Å². The topological polar surface area (TPSA) is 24.4 Å². The van der Waals surface area contributed by atoms with E-state index >= 15 is 0 Å². The molecular weight excluding hydrogens is 252 g/mol. The van der Waals surface area contributed by atoms with E-state index in [9.17, 15) is 0 Å². The van der Waals surface area contributed by atoms with Gasteiger partial charge < -0.3 is 0 Å². The van der Waals surface area contributed by atoms with Gasteiger partial charge in [-0.1, -0.05) is 54.9 Å². The highest BCUT2D eigenvalue weighted by Crippen LogP contribution is 2.44. The summed E-state index contributed by atoms with van der Waals surface area (Å²) in [4.78, 5) is 0.186. The van der Waals surface area contributed by atoms with Crippen molar-refractivity contribution in [2.75, 3.05) is 0 Å². The number of benzene rings is 1. The molecule has 1 aliphatic heterocycles. The summed E-state index contributed by atoms with van der Waals surface area (Å²) in [5.41, 5.74) is 5.98. The summed E-state index contributed by atoms with van der Waals surface area (Å²) in [5.74, 6) is 0.927. The Morgan fingerprint density at radius 1 is 1.26 bits per heavy atom. The van der Waals surface area contributed by atoms with Crippen LogP contribution in [0.2, 0.25) is 0 Å². The highest BCUT2D eigenvalue weighted by atomic mass is 32.2. The van der Waals surface area contributed by atoms with Crippen LogP contribution in [-0.4, -0.2) is 9.91 Å². The fourth-order valence-electron chi connectivity index (χ4n) is 2.97. The second kappa shape index (κ2) is 5.20. The fraction of sp³-hybridized carbons (Fsp3) is 0.562. The van der Waals surface area contributed by atoms with Crippen molar-refractivity contribution in [1.82, 2.24) is 5.43 Å². The molecule has 0 saturated heterocycles. The van der Waals surface area contributed by atoms with Gasteiger partial charge in [0.1, 0.15) is 9.91 Å². The summed E-state index contributed by atoms with van der Waals surface area (Å²) in [7, 11) is 0. The van der Waals surface area contributed by atoms with Crippen molar-refractivity contribution in [3.05, 3.63) is 35.4 Å². The quantitative estimate of drug-likeness (QED) is 0.870. The predicted octanol–water partition coefficient (Wildman–Crippen LogP) is 4.29. The smallest absolute Gasteiger partial charge is 0.126 e. The Hall–Kier alpha value is -0.960. The number of hydrogen-bond donors (Lipinski definition) is 1. The van der Waals surface area contributed by atoms with Gasteiger partial charge in [0.25, 0.3) is 0 Å². The van der Waals surface area contributed by atoms with Crippen molar-refractivity contribution in [1.29, 1.82) is 0 Å². The number of rotatable bonds is 2. The third-order valence-electron chi connectivity index (χ3n) is 4.44. The molecule has 1 aromatic rings. The molecule has 0 atom stereocenters. The van der Waals surface area contributed by atoms with Crippen molar-refractivity contribution in [2.24, 2.45) is 11.0 Å². The molecule has 102 valence electrons. The Labute approximate surface area is 120 Å². The Bertz CT molecular complexity index is 470. The highest BCUT2D eigenvalue weighted by molar-refractivity contribution is 8.15. The molecule has 0 aromatic heterocycles. The summed E-state index contributed by atoms with van der Waals surface area (Å²) in [5, 5.41) is 5.76. The Morgan fingerprint density at radius 2 is 1.95 bits per heavy atom. The van der Waals surface area contributed by atoms with E-state index in [1.54, 1.807) is 0 Å². The Morgan fingerprint density at radius 3 is 2.58 bits per heavy atom. The molecule has 0 unspecified atom stereocenters. The van der Waals surface area contributed by atoms with Crippen LogP contribution in [0, 0.1) is 12.8 Å². The molecule has 0 radical (unpaired) electrons. The van der Waals surface area contributed by atoms with Crippen LogP contribution in [0.15, 0.2) is 29.4 Å². The maximum atomic E-state index is 4.59. The minimum Gasteiger partial charge on any atom is -0.292 e. The summed E-state index contributed by atoms with van der Waals surface area (Å²) in [6, 6.07) is 8.69. The molecule has 3 heteroatoms. The second-order valence-electron chi connectivity index (χ2n) is 5.84. The maximum Gasteiger partial charge on any atom is 0.126 e. The number of thioether (sulfide) groups is 1. The third-order valence-corrected chi connectivity index (χ3v) is 5.85. The van der Waals surface area contributed by atoms with E-state index in [1.807, 2.05) is 11.8 Å². The summed E-state index contributed by atoms with van der Waals surface area (Å²) in [6.45, 7) is 4.44. The molecule has 0 amide bonds. The highest BCUT2D eigenvalue weighted by Gasteiger charge is 2.40. The SMILES string of the molecule is CCC1CCC2(CC1)NN=C(c1ccc(C)cc1)S2. The first-order chi connectivity index (χ1) is 9.21. The van der Waals surface area contributed by atoms with Gasteiger partial charge in [-0.2, -0.15) is 5.10 Å². The molecular formula is C16H22N2S. The van der Waals surface area contributed by atoms with Gasteiger partial charge >= 0.3 is 0 Å². The van der Waals surface area contributed by atoms with Gasteiger partial charge in [-0.15, -0.1) is 0 Å². The van der Waals surface area contributed by atoms with Crippen molar-refractivity contribution >= 4 is 16.8 Å². The molecule has 1 N–H and O–H groups in total. The van der Waals surface area contributed by atoms with Crippen LogP contribution >= 0.6 is 11.8 Å². The molecule has 1 fully saturated rings. The van der Waals surface area contributed by atoms with Crippen molar-refractivity contribution in [3.63, 3.8) is 0 Å². The second-order valence-corrected chi connectivity index (χ2v) is 7.22. The standard InChI is InChI=1S/C16H22N2S/c1-3-13-8-10-16(11-9-13)18-17-15(19-16)14-6-4-12(2)5-7-14/h4-7,13,18H,3,8-11H2,1-2H3. The monoisotopic (exact) mass is 274 g/mol. The molecule has 2 nitrogen and oxygen atoms in total. The summed E-state index contributed by atoms with van der Waals surface area (Å²) < 4.78 is 0. The van der Waals surface area contributed by atoms with Gasteiger partial charge in [-0.3, -0.25) is 5.43 Å². The summed E-state index contributed by atoms with van der Waals surface area (Å²) >= 11 is 1.94. The van der Waals surface area contributed by atoms with Crippen LogP contribution in [0.25, 0.3) is 0 Å². The first-order valence-corrected chi connectivity index (χ1v) is 8.13. The van der Waals surface area contributed by atoms with E-state index in [-0.39, 0.29) is 4.87 Å². The molecule has 19 heavy (non-hydrogen) atoms. The van der Waals surface area contributed by atoms with Crippen LogP contribution in [0.4, 0.5) is 0 Å². The lowest BCUT2D eigenvalue weighted by Crippen LogP contribution is -2.39. The number of nitrogens with zero attached hydrogens (tertiary/aromatic N) is 1. The van der Waals surface area contributed by atoms with Crippen molar-refractivity contribution in [2.45, 2.75) is 50.8 Å². The molecule has 0 bridgehead atoms. The minimum absolute atomic E-state index is 0.186. The molecule has 1 aliphatic carbocycles. The fourth-order valence-corrected chi connectivity index (χ4v) is 4.22. The van der Waals surface area contributed by atoms with Crippen molar-refractivity contribution < 1.29 is 0 Å². The Kier molecular flexibility index (Phi) is 3.57. The first kappa shape index (κ1) is 13.0. The molecule has 1 aromatic carbocycles. The lowest BCUT2D eigenvalue weighted by molar-refractivity contribution is 0.269. The van der Waals surface area contributed by atoms with E-state index in [0.29, 0.717) is 0 Å². The maximum absolute atomic E-state index is 4.59. The predicted molar refractivity (Wildman–Crippen MR) is 83.4 cm³/mol. The average Bonchev–Trinajstić information content (AvgIpc) is 2.85. The largest absolute Gasteiger partial charge is 0.292 e. The first-order valence-electron chi connectivity index (χ1n) is 7.32. The van der Waals surface area contributed by atoms with E-state index < -0.39 is 0 Å². The van der Waals surface area contributed by atoms with Crippen LogP contribution < -0.4 is 5.43 Å². The van der Waals surface area contributed by atoms with Crippen molar-refractivity contribution in [3.8, 4) is 0 Å². The molecule has 2 aliphatic rings. The van der Waals surface area contributed by atoms with E-state index in [1.165, 1.54) is 43.2 Å². The van der Waals surface area contributed by atoms with Gasteiger partial charge in [0.15, 0.2) is 0 Å². The van der Waals surface area contributed by atoms with Crippen LogP contribution in [-0.2, 0) is 0 Å². The zero-order chi connectivity index (χ0) is 13.3. The third kappa shape index (κ3) is 2.66. The molecule has 3 rings (SSSR count). The molecule has 1 saturated carbocycles. The number of nitrogens with one attached hydrogen (secondary N) is 1. The van der Waals surface area contributed by atoms with E-state index in [4.69, 9.17) is 0 Å². The average molecular weight is 274 g/mol. The van der Waals surface area contributed by atoms with Crippen LogP contribution in [0.1, 0.15) is 50.2 Å². The number of hydrogen-bond acceptors (Lipinski definition) is 3. The van der Waals surface area contributed by atoms with E-state index in [0.717, 1.165) is 11.0 Å². The minimum atomic E-state index is 0.186. The van der Waals surface area contributed by atoms with Gasteiger partial charge in [0.05, 0.1) is 0 Å².